The van der Waals surface area contributed by atoms with Gasteiger partial charge in [0.25, 0.3) is 5.69 Å². The fraction of sp³-hybridized carbons (Fsp3) is 0.0435. The van der Waals surface area contributed by atoms with E-state index in [2.05, 4.69) is 10.4 Å². The minimum absolute atomic E-state index is 0.0407. The van der Waals surface area contributed by atoms with E-state index in [1.54, 1.807) is 36.4 Å². The van der Waals surface area contributed by atoms with Gasteiger partial charge in [0.2, 0.25) is 0 Å². The highest BCUT2D eigenvalue weighted by Crippen LogP contribution is 2.34. The fourth-order valence-electron chi connectivity index (χ4n) is 3.36. The summed E-state index contributed by atoms with van der Waals surface area (Å²) in [5.41, 5.74) is 6.86. The number of alkyl halides is 3. The first kappa shape index (κ1) is 22.5. The van der Waals surface area contributed by atoms with Gasteiger partial charge in [-0.2, -0.15) is 18.3 Å². The number of urea groups is 1. The zero-order chi connectivity index (χ0) is 24.5. The molecule has 8 nitrogen and oxygen atoms in total. The number of hydrogen-bond acceptors (Lipinski definition) is 4. The largest absolute Gasteiger partial charge is 0.435 e. The highest BCUT2D eigenvalue weighted by atomic mass is 19.4. The van der Waals surface area contributed by atoms with Crippen LogP contribution in [0.5, 0.6) is 0 Å². The van der Waals surface area contributed by atoms with Gasteiger partial charge in [0, 0.05) is 23.4 Å². The highest BCUT2D eigenvalue weighted by Gasteiger charge is 2.35. The Labute approximate surface area is 190 Å². The van der Waals surface area contributed by atoms with Crippen LogP contribution >= 0.6 is 0 Å². The Morgan fingerprint density at radius 1 is 0.912 bits per heavy atom. The average Bonchev–Trinajstić information content (AvgIpc) is 3.25. The van der Waals surface area contributed by atoms with Crippen molar-refractivity contribution in [3.05, 3.63) is 94.7 Å². The molecule has 0 spiro atoms. The lowest BCUT2D eigenvalue weighted by Gasteiger charge is -2.10. The van der Waals surface area contributed by atoms with Crippen LogP contribution in [0.2, 0.25) is 0 Å². The molecule has 0 aliphatic carbocycles. The van der Waals surface area contributed by atoms with E-state index in [0.29, 0.717) is 16.9 Å². The first-order chi connectivity index (χ1) is 16.1. The number of primary amides is 1. The van der Waals surface area contributed by atoms with Crippen LogP contribution in [0.15, 0.2) is 78.9 Å². The topological polar surface area (TPSA) is 116 Å². The molecule has 3 aromatic carbocycles. The van der Waals surface area contributed by atoms with Crippen molar-refractivity contribution in [3.63, 3.8) is 0 Å². The molecular weight excluding hydrogens is 451 g/mol. The van der Waals surface area contributed by atoms with Gasteiger partial charge in [0.05, 0.1) is 16.3 Å². The summed E-state index contributed by atoms with van der Waals surface area (Å²) in [6.07, 6.45) is -4.65. The molecule has 0 aliphatic heterocycles. The van der Waals surface area contributed by atoms with Gasteiger partial charge in [-0.15, -0.1) is 0 Å². The molecule has 0 unspecified atom stereocenters. The van der Waals surface area contributed by atoms with E-state index in [9.17, 15) is 28.1 Å². The van der Waals surface area contributed by atoms with Crippen molar-refractivity contribution in [2.75, 3.05) is 5.32 Å². The zero-order valence-corrected chi connectivity index (χ0v) is 17.3. The van der Waals surface area contributed by atoms with Crippen molar-refractivity contribution in [2.45, 2.75) is 6.18 Å². The Morgan fingerprint density at radius 2 is 1.44 bits per heavy atom. The molecule has 2 amide bonds. The summed E-state index contributed by atoms with van der Waals surface area (Å²) >= 11 is 0. The number of carbonyl (C=O) groups excluding carboxylic acids is 1. The Morgan fingerprint density at radius 3 is 1.94 bits per heavy atom. The van der Waals surface area contributed by atoms with Gasteiger partial charge in [-0.1, -0.05) is 24.3 Å². The Hall–Kier alpha value is -4.67. The van der Waals surface area contributed by atoms with Gasteiger partial charge >= 0.3 is 12.2 Å². The summed E-state index contributed by atoms with van der Waals surface area (Å²) in [5, 5.41) is 17.0. The lowest BCUT2D eigenvalue weighted by molar-refractivity contribution is -0.384. The van der Waals surface area contributed by atoms with E-state index in [1.165, 1.54) is 36.4 Å². The van der Waals surface area contributed by atoms with E-state index in [4.69, 9.17) is 5.73 Å². The quantitative estimate of drug-likeness (QED) is 0.293. The van der Waals surface area contributed by atoms with Crippen molar-refractivity contribution in [2.24, 2.45) is 5.73 Å². The van der Waals surface area contributed by atoms with Crippen molar-refractivity contribution >= 4 is 17.4 Å². The second-order valence-corrected chi connectivity index (χ2v) is 7.24. The predicted octanol–water partition coefficient (Wildman–Crippen LogP) is 5.62. The molecule has 0 aliphatic rings. The Kier molecular flexibility index (Phi) is 5.76. The molecule has 4 aromatic rings. The molecule has 0 bridgehead atoms. The number of nitro benzene ring substituents is 1. The smallest absolute Gasteiger partial charge is 0.351 e. The number of hydrogen-bond donors (Lipinski definition) is 2. The fourth-order valence-corrected chi connectivity index (χ4v) is 3.36. The number of nitrogens with one attached hydrogen (secondary N) is 1. The number of non-ortho nitro benzene ring substituents is 1. The van der Waals surface area contributed by atoms with E-state index in [1.807, 2.05) is 0 Å². The first-order valence-electron chi connectivity index (χ1n) is 9.81. The Balaban J connectivity index is 1.71. The van der Waals surface area contributed by atoms with E-state index in [-0.39, 0.29) is 11.4 Å². The number of amides is 2. The summed E-state index contributed by atoms with van der Waals surface area (Å²) in [7, 11) is 0. The van der Waals surface area contributed by atoms with Gasteiger partial charge in [-0.05, 0) is 53.6 Å². The minimum Gasteiger partial charge on any atom is -0.351 e. The summed E-state index contributed by atoms with van der Waals surface area (Å²) in [5.74, 6) is 0. The summed E-state index contributed by atoms with van der Waals surface area (Å²) in [6.45, 7) is 0. The summed E-state index contributed by atoms with van der Waals surface area (Å²) in [6, 6.07) is 18.9. The third-order valence-corrected chi connectivity index (χ3v) is 4.97. The molecule has 0 saturated carbocycles. The van der Waals surface area contributed by atoms with Crippen molar-refractivity contribution in [1.82, 2.24) is 9.78 Å². The number of anilines is 1. The monoisotopic (exact) mass is 467 g/mol. The maximum absolute atomic E-state index is 13.4. The number of aromatic nitrogens is 2. The maximum atomic E-state index is 13.4. The minimum atomic E-state index is -4.65. The van der Waals surface area contributed by atoms with Gasteiger partial charge in [-0.25, -0.2) is 9.48 Å². The molecule has 172 valence electrons. The number of nitro groups is 1. The molecule has 0 fully saturated rings. The third kappa shape index (κ3) is 4.72. The highest BCUT2D eigenvalue weighted by molar-refractivity contribution is 5.87. The van der Waals surface area contributed by atoms with Crippen LogP contribution in [0, 0.1) is 10.1 Å². The van der Waals surface area contributed by atoms with Crippen LogP contribution in [0.3, 0.4) is 0 Å². The zero-order valence-electron chi connectivity index (χ0n) is 17.3. The van der Waals surface area contributed by atoms with E-state index >= 15 is 0 Å². The second-order valence-electron chi connectivity index (χ2n) is 7.24. The molecule has 4 rings (SSSR count). The number of nitrogens with zero attached hydrogens (tertiary/aromatic N) is 3. The number of halogens is 3. The molecule has 1 aromatic heterocycles. The van der Waals surface area contributed by atoms with Gasteiger partial charge in [0.1, 0.15) is 0 Å². The second kappa shape index (κ2) is 8.70. The predicted molar refractivity (Wildman–Crippen MR) is 119 cm³/mol. The number of rotatable bonds is 5. The van der Waals surface area contributed by atoms with E-state index in [0.717, 1.165) is 21.9 Å². The van der Waals surface area contributed by atoms with Gasteiger partial charge < -0.3 is 11.1 Å². The average molecular weight is 467 g/mol. The van der Waals surface area contributed by atoms with Crippen LogP contribution in [0.25, 0.3) is 28.1 Å². The summed E-state index contributed by atoms with van der Waals surface area (Å²) < 4.78 is 41.4. The number of nitrogens with two attached hydrogens (primary N) is 1. The molecular formula is C23H16F3N5O3. The van der Waals surface area contributed by atoms with Crippen molar-refractivity contribution in [1.29, 1.82) is 0 Å². The van der Waals surface area contributed by atoms with Crippen molar-refractivity contribution in [3.8, 4) is 28.1 Å². The van der Waals surface area contributed by atoms with E-state index < -0.39 is 22.8 Å². The van der Waals surface area contributed by atoms with Crippen LogP contribution in [-0.4, -0.2) is 20.7 Å². The van der Waals surface area contributed by atoms with Crippen LogP contribution < -0.4 is 11.1 Å². The molecule has 0 radical (unpaired) electrons. The van der Waals surface area contributed by atoms with Crippen molar-refractivity contribution < 1.29 is 22.9 Å². The van der Waals surface area contributed by atoms with Crippen LogP contribution in [0.1, 0.15) is 5.69 Å². The van der Waals surface area contributed by atoms with Gasteiger partial charge in [-0.3, -0.25) is 10.1 Å². The molecule has 0 saturated heterocycles. The van der Waals surface area contributed by atoms with Crippen LogP contribution in [-0.2, 0) is 6.18 Å². The van der Waals surface area contributed by atoms with Crippen LogP contribution in [0.4, 0.5) is 29.3 Å². The summed E-state index contributed by atoms with van der Waals surface area (Å²) in [4.78, 5) is 21.3. The first-order valence-corrected chi connectivity index (χ1v) is 9.81. The number of benzene rings is 3. The molecule has 34 heavy (non-hydrogen) atoms. The molecule has 0 atom stereocenters. The Bertz CT molecular complexity index is 1350. The number of carbonyl (C=O) groups is 1. The lowest BCUT2D eigenvalue weighted by atomic mass is 10.0. The van der Waals surface area contributed by atoms with Gasteiger partial charge in [0.15, 0.2) is 5.69 Å². The molecule has 11 heteroatoms. The molecule has 1 heterocycles. The lowest BCUT2D eigenvalue weighted by Crippen LogP contribution is -2.19. The molecule has 3 N–H and O–H groups in total. The maximum Gasteiger partial charge on any atom is 0.435 e. The third-order valence-electron chi connectivity index (χ3n) is 4.97. The standard InChI is InChI=1S/C23H16F3N5O3/c24-23(25,26)21-13-20(30(29-21)18-11-7-17(8-12-18)28-22(27)32)16-3-1-14(2-4-16)15-5-9-19(10-6-15)31(33)34/h1-13H,(H3,27,28,32). The normalized spacial score (nSPS) is 11.3. The SMILES string of the molecule is NC(=O)Nc1ccc(-n2nc(C(F)(F)F)cc2-c2ccc(-c3ccc([N+](=O)[O-])cc3)cc2)cc1.